The summed E-state index contributed by atoms with van der Waals surface area (Å²) in [6.45, 7) is 6.88. The zero-order valence-electron chi connectivity index (χ0n) is 27.3. The molecule has 0 aliphatic carbocycles. The van der Waals surface area contributed by atoms with Gasteiger partial charge in [-0.1, -0.05) is 136 Å². The molecule has 0 aliphatic rings. The molecule has 48 heavy (non-hydrogen) atoms. The van der Waals surface area contributed by atoms with Crippen LogP contribution in [0.1, 0.15) is 26.3 Å². The smallest absolute Gasteiger partial charge is 0.0709 e. The summed E-state index contributed by atoms with van der Waals surface area (Å²) in [6, 6.07) is 52.9. The van der Waals surface area contributed by atoms with Crippen molar-refractivity contribution < 1.29 is 0 Å². The number of hydrogen-bond donors (Lipinski definition) is 0. The fraction of sp³-hybridized carbons (Fsp3) is 0.0870. The Morgan fingerprint density at radius 1 is 0.438 bits per heavy atom. The maximum absolute atomic E-state index is 4.96. The van der Waals surface area contributed by atoms with Gasteiger partial charge in [0.05, 0.1) is 16.9 Å². The molecule has 0 amide bonds. The first-order valence-corrected chi connectivity index (χ1v) is 16.7. The predicted molar refractivity (Wildman–Crippen MR) is 204 cm³/mol. The van der Waals surface area contributed by atoms with E-state index < -0.39 is 0 Å². The fourth-order valence-corrected chi connectivity index (χ4v) is 7.23. The first-order chi connectivity index (χ1) is 23.4. The highest BCUT2D eigenvalue weighted by molar-refractivity contribution is 6.28. The number of hydrogen-bond acceptors (Lipinski definition) is 2. The Kier molecular flexibility index (Phi) is 6.42. The van der Waals surface area contributed by atoms with E-state index in [1.54, 1.807) is 0 Å². The van der Waals surface area contributed by atoms with Crippen molar-refractivity contribution in [3.05, 3.63) is 157 Å². The molecule has 0 unspecified atom stereocenters. The lowest BCUT2D eigenvalue weighted by Gasteiger charge is -2.23. The van der Waals surface area contributed by atoms with Gasteiger partial charge < -0.3 is 0 Å². The molecule has 9 aromatic rings. The quantitative estimate of drug-likeness (QED) is 0.184. The van der Waals surface area contributed by atoms with Crippen molar-refractivity contribution in [3.8, 4) is 44.8 Å². The van der Waals surface area contributed by atoms with Gasteiger partial charge >= 0.3 is 0 Å². The molecular formula is C46H34N2. The van der Waals surface area contributed by atoms with Crippen LogP contribution >= 0.6 is 0 Å². The second kappa shape index (κ2) is 10.9. The molecule has 2 heterocycles. The largest absolute Gasteiger partial charge is 0.256 e. The standard InChI is InChI=1S/C46H34N2/c1-46(2,3)36-26-34-19-22-37-39(29-11-15-32(16-12-29)41-9-6-7-25-47-41)28-40(38-23-20-35(27-36)44(34)45(37)38)30-13-17-33(18-14-30)43-24-21-31-8-4-5-10-42(31)48-43/h4-28H,1-3H3. The number of nitrogens with zero attached hydrogens (tertiary/aromatic N) is 2. The van der Waals surface area contributed by atoms with Gasteiger partial charge in [0, 0.05) is 22.7 Å². The number of pyridine rings is 2. The normalized spacial score (nSPS) is 12.1. The molecule has 0 spiro atoms. The highest BCUT2D eigenvalue weighted by atomic mass is 14.7. The summed E-state index contributed by atoms with van der Waals surface area (Å²) in [4.78, 5) is 9.53. The predicted octanol–water partition coefficient (Wildman–Crippen LogP) is 12.5. The van der Waals surface area contributed by atoms with Crippen LogP contribution in [0.2, 0.25) is 0 Å². The summed E-state index contributed by atoms with van der Waals surface area (Å²) in [6.07, 6.45) is 1.85. The summed E-state index contributed by atoms with van der Waals surface area (Å²) in [7, 11) is 0. The van der Waals surface area contributed by atoms with Crippen molar-refractivity contribution in [2.75, 3.05) is 0 Å². The number of benzene rings is 7. The fourth-order valence-electron chi connectivity index (χ4n) is 7.23. The third-order valence-corrected chi connectivity index (χ3v) is 9.83. The molecule has 9 rings (SSSR count). The lowest BCUT2D eigenvalue weighted by Crippen LogP contribution is -2.10. The zero-order chi connectivity index (χ0) is 32.4. The second-order valence-corrected chi connectivity index (χ2v) is 13.9. The Morgan fingerprint density at radius 2 is 1.00 bits per heavy atom. The Morgan fingerprint density at radius 3 is 1.60 bits per heavy atom. The maximum Gasteiger partial charge on any atom is 0.0709 e. The summed E-state index contributed by atoms with van der Waals surface area (Å²) >= 11 is 0. The van der Waals surface area contributed by atoms with Crippen LogP contribution in [0.15, 0.2) is 152 Å². The van der Waals surface area contributed by atoms with E-state index in [0.717, 1.165) is 33.4 Å². The molecule has 2 aromatic heterocycles. The van der Waals surface area contributed by atoms with E-state index in [-0.39, 0.29) is 5.41 Å². The molecular weight excluding hydrogens is 581 g/mol. The minimum Gasteiger partial charge on any atom is -0.256 e. The van der Waals surface area contributed by atoms with Crippen molar-refractivity contribution >= 4 is 43.2 Å². The van der Waals surface area contributed by atoms with E-state index in [1.165, 1.54) is 60.1 Å². The monoisotopic (exact) mass is 614 g/mol. The molecule has 0 atom stereocenters. The summed E-state index contributed by atoms with van der Waals surface area (Å²) in [5.41, 5.74) is 11.5. The molecule has 0 saturated carbocycles. The van der Waals surface area contributed by atoms with Gasteiger partial charge in [-0.05, 0) is 95.9 Å². The van der Waals surface area contributed by atoms with E-state index in [4.69, 9.17) is 4.98 Å². The molecule has 0 saturated heterocycles. The van der Waals surface area contributed by atoms with Gasteiger partial charge in [-0.3, -0.25) is 4.98 Å². The minimum absolute atomic E-state index is 0.0672. The van der Waals surface area contributed by atoms with Crippen LogP contribution in [-0.4, -0.2) is 9.97 Å². The van der Waals surface area contributed by atoms with Gasteiger partial charge in [0.1, 0.15) is 0 Å². The van der Waals surface area contributed by atoms with Gasteiger partial charge in [0.25, 0.3) is 0 Å². The summed E-state index contributed by atoms with van der Waals surface area (Å²) < 4.78 is 0. The summed E-state index contributed by atoms with van der Waals surface area (Å²) in [5, 5.41) is 8.95. The van der Waals surface area contributed by atoms with Crippen LogP contribution in [0.5, 0.6) is 0 Å². The zero-order valence-corrected chi connectivity index (χ0v) is 27.3. The van der Waals surface area contributed by atoms with Crippen molar-refractivity contribution in [3.63, 3.8) is 0 Å². The van der Waals surface area contributed by atoms with Crippen LogP contribution in [0.25, 0.3) is 88.0 Å². The topological polar surface area (TPSA) is 25.8 Å². The third-order valence-electron chi connectivity index (χ3n) is 9.83. The molecule has 0 fully saturated rings. The average molecular weight is 615 g/mol. The lowest BCUT2D eigenvalue weighted by atomic mass is 9.81. The van der Waals surface area contributed by atoms with Crippen molar-refractivity contribution in [2.24, 2.45) is 0 Å². The Labute approximate surface area is 280 Å². The van der Waals surface area contributed by atoms with Crippen molar-refractivity contribution in [1.82, 2.24) is 9.97 Å². The van der Waals surface area contributed by atoms with E-state index in [2.05, 4.69) is 153 Å². The first-order valence-electron chi connectivity index (χ1n) is 16.7. The maximum atomic E-state index is 4.96. The van der Waals surface area contributed by atoms with E-state index in [1.807, 2.05) is 24.4 Å². The van der Waals surface area contributed by atoms with Crippen LogP contribution < -0.4 is 0 Å². The molecule has 2 heteroatoms. The summed E-state index contributed by atoms with van der Waals surface area (Å²) in [5.74, 6) is 0. The number of rotatable bonds is 4. The number of fused-ring (bicyclic) bond motifs is 1. The van der Waals surface area contributed by atoms with Gasteiger partial charge in [0.15, 0.2) is 0 Å². The van der Waals surface area contributed by atoms with Gasteiger partial charge in [-0.2, -0.15) is 0 Å². The second-order valence-electron chi connectivity index (χ2n) is 13.9. The van der Waals surface area contributed by atoms with Gasteiger partial charge in [0.2, 0.25) is 0 Å². The Hall–Kier alpha value is -5.86. The SMILES string of the molecule is CC(C)(C)c1cc2ccc3c(-c4ccc(-c5ccccn5)cc4)cc(-c4ccc(-c5ccc6ccccc6n5)cc4)c4ccc(c1)c2c34. The Balaban J connectivity index is 1.25. The lowest BCUT2D eigenvalue weighted by molar-refractivity contribution is 0.591. The highest BCUT2D eigenvalue weighted by Gasteiger charge is 2.20. The molecule has 0 aliphatic heterocycles. The van der Waals surface area contributed by atoms with E-state index in [9.17, 15) is 0 Å². The van der Waals surface area contributed by atoms with Crippen LogP contribution in [0, 0.1) is 0 Å². The van der Waals surface area contributed by atoms with Crippen LogP contribution in [0.4, 0.5) is 0 Å². The van der Waals surface area contributed by atoms with Crippen molar-refractivity contribution in [1.29, 1.82) is 0 Å². The molecule has 7 aromatic carbocycles. The van der Waals surface area contributed by atoms with Gasteiger partial charge in [-0.25, -0.2) is 4.98 Å². The number of aromatic nitrogens is 2. The van der Waals surface area contributed by atoms with Crippen molar-refractivity contribution in [2.45, 2.75) is 26.2 Å². The Bertz CT molecular complexity index is 2590. The molecule has 2 nitrogen and oxygen atoms in total. The molecule has 0 N–H and O–H groups in total. The highest BCUT2D eigenvalue weighted by Crippen LogP contribution is 2.45. The molecule has 228 valence electrons. The first kappa shape index (κ1) is 28.4. The van der Waals surface area contributed by atoms with E-state index >= 15 is 0 Å². The molecule has 0 radical (unpaired) electrons. The third kappa shape index (κ3) is 4.72. The number of para-hydroxylation sites is 1. The van der Waals surface area contributed by atoms with E-state index in [0.29, 0.717) is 0 Å². The molecule has 0 bridgehead atoms. The minimum atomic E-state index is 0.0672. The van der Waals surface area contributed by atoms with Crippen LogP contribution in [0.3, 0.4) is 0 Å². The van der Waals surface area contributed by atoms with Crippen LogP contribution in [-0.2, 0) is 5.41 Å². The average Bonchev–Trinajstić information content (AvgIpc) is 3.13. The van der Waals surface area contributed by atoms with Gasteiger partial charge in [-0.15, -0.1) is 0 Å².